The van der Waals surface area contributed by atoms with Crippen molar-refractivity contribution in [2.75, 3.05) is 7.11 Å². The number of halogens is 1. The van der Waals surface area contributed by atoms with Crippen molar-refractivity contribution >= 4 is 17.7 Å². The van der Waals surface area contributed by atoms with Gasteiger partial charge < -0.3 is 9.84 Å². The molecule has 1 N–H and O–H groups in total. The van der Waals surface area contributed by atoms with Gasteiger partial charge in [-0.3, -0.25) is 0 Å². The van der Waals surface area contributed by atoms with Crippen molar-refractivity contribution < 1.29 is 14.6 Å². The number of hydrogen-bond donors (Lipinski definition) is 1. The molecule has 0 amide bonds. The Kier molecular flexibility index (Phi) is 4.07. The number of benzene rings is 1. The number of phenolic OH excluding ortho intramolecular Hbond substituents is 1. The fourth-order valence-corrected chi connectivity index (χ4v) is 3.42. The average Bonchev–Trinajstić information content (AvgIpc) is 2.87. The minimum absolute atomic E-state index is 0.0350. The molecular formula is C15H18ClNO3. The third kappa shape index (κ3) is 2.09. The molecule has 1 aromatic carbocycles. The van der Waals surface area contributed by atoms with E-state index in [1.165, 1.54) is 7.11 Å². The predicted octanol–water partition coefficient (Wildman–Crippen LogP) is 3.78. The quantitative estimate of drug-likeness (QED) is 0.682. The number of aromatic hydroxyl groups is 1. The van der Waals surface area contributed by atoms with E-state index in [9.17, 15) is 9.90 Å². The van der Waals surface area contributed by atoms with E-state index in [1.807, 2.05) is 6.92 Å². The lowest BCUT2D eigenvalue weighted by Crippen LogP contribution is -2.21. The maximum absolute atomic E-state index is 10.8. The standard InChI is InChI=1S/C15H18ClNO3/c1-9-11(15(17-8-18)6-4-5-7-15)13(19)14(20-3)10(2)12(9)16/h19H,4-7H2,1-3H3. The molecule has 2 rings (SSSR count). The highest BCUT2D eigenvalue weighted by atomic mass is 35.5. The van der Waals surface area contributed by atoms with Gasteiger partial charge in [-0.05, 0) is 32.3 Å². The molecule has 1 aromatic rings. The highest BCUT2D eigenvalue weighted by Crippen LogP contribution is 2.52. The third-order valence-electron chi connectivity index (χ3n) is 4.19. The van der Waals surface area contributed by atoms with Crippen LogP contribution in [0.3, 0.4) is 0 Å². The van der Waals surface area contributed by atoms with E-state index >= 15 is 0 Å². The lowest BCUT2D eigenvalue weighted by Gasteiger charge is -2.28. The molecule has 1 saturated carbocycles. The highest BCUT2D eigenvalue weighted by Gasteiger charge is 2.41. The number of rotatable bonds is 3. The van der Waals surface area contributed by atoms with Gasteiger partial charge >= 0.3 is 0 Å². The van der Waals surface area contributed by atoms with Crippen LogP contribution >= 0.6 is 11.6 Å². The molecule has 1 fully saturated rings. The Labute approximate surface area is 123 Å². The van der Waals surface area contributed by atoms with Gasteiger partial charge in [-0.1, -0.05) is 24.4 Å². The first-order chi connectivity index (χ1) is 9.48. The first kappa shape index (κ1) is 14.9. The van der Waals surface area contributed by atoms with Gasteiger partial charge in [0.05, 0.1) is 12.1 Å². The van der Waals surface area contributed by atoms with Gasteiger partial charge in [0.25, 0.3) is 0 Å². The average molecular weight is 296 g/mol. The number of carbonyl (C=O) groups excluding carboxylic acids is 1. The molecule has 0 radical (unpaired) electrons. The Morgan fingerprint density at radius 3 is 2.40 bits per heavy atom. The molecule has 0 spiro atoms. The van der Waals surface area contributed by atoms with Gasteiger partial charge in [0.15, 0.2) is 11.5 Å². The summed E-state index contributed by atoms with van der Waals surface area (Å²) in [7, 11) is 1.49. The van der Waals surface area contributed by atoms with Crippen molar-refractivity contribution in [1.29, 1.82) is 0 Å². The van der Waals surface area contributed by atoms with Gasteiger partial charge in [-0.25, -0.2) is 4.79 Å². The second kappa shape index (κ2) is 5.47. The Hall–Kier alpha value is -1.51. The van der Waals surface area contributed by atoms with Crippen LogP contribution in [0.4, 0.5) is 0 Å². The number of aliphatic imine (C=N–C) groups is 1. The van der Waals surface area contributed by atoms with Gasteiger partial charge in [0, 0.05) is 11.1 Å². The molecule has 0 heterocycles. The van der Waals surface area contributed by atoms with E-state index in [-0.39, 0.29) is 5.75 Å². The van der Waals surface area contributed by atoms with Crippen molar-refractivity contribution in [1.82, 2.24) is 0 Å². The number of phenols is 1. The second-order valence-electron chi connectivity index (χ2n) is 5.26. The van der Waals surface area contributed by atoms with Crippen molar-refractivity contribution in [3.63, 3.8) is 0 Å². The van der Waals surface area contributed by atoms with Gasteiger partial charge in [-0.2, -0.15) is 4.99 Å². The van der Waals surface area contributed by atoms with Crippen LogP contribution in [-0.4, -0.2) is 18.3 Å². The molecule has 4 nitrogen and oxygen atoms in total. The summed E-state index contributed by atoms with van der Waals surface area (Å²) >= 11 is 6.35. The van der Waals surface area contributed by atoms with E-state index in [0.29, 0.717) is 34.7 Å². The van der Waals surface area contributed by atoms with E-state index < -0.39 is 5.54 Å². The molecule has 0 aromatic heterocycles. The minimum Gasteiger partial charge on any atom is -0.504 e. The number of nitrogens with zero attached hydrogens (tertiary/aromatic N) is 1. The van der Waals surface area contributed by atoms with Gasteiger partial charge in [0.2, 0.25) is 6.08 Å². The molecule has 108 valence electrons. The predicted molar refractivity (Wildman–Crippen MR) is 77.4 cm³/mol. The summed E-state index contributed by atoms with van der Waals surface area (Å²) in [5, 5.41) is 11.1. The van der Waals surface area contributed by atoms with Crippen LogP contribution in [0.25, 0.3) is 0 Å². The van der Waals surface area contributed by atoms with E-state index in [0.717, 1.165) is 18.4 Å². The van der Waals surface area contributed by atoms with Crippen LogP contribution in [-0.2, 0) is 10.3 Å². The maximum Gasteiger partial charge on any atom is 0.235 e. The lowest BCUT2D eigenvalue weighted by atomic mass is 9.84. The lowest BCUT2D eigenvalue weighted by molar-refractivity contribution is 0.352. The SMILES string of the molecule is COc1c(C)c(Cl)c(C)c(C2(N=C=O)CCCC2)c1O. The normalized spacial score (nSPS) is 16.8. The van der Waals surface area contributed by atoms with Gasteiger partial charge in [-0.15, -0.1) is 0 Å². The molecule has 20 heavy (non-hydrogen) atoms. The van der Waals surface area contributed by atoms with E-state index in [2.05, 4.69) is 4.99 Å². The number of methoxy groups -OCH3 is 1. The zero-order chi connectivity index (χ0) is 14.9. The van der Waals surface area contributed by atoms with Gasteiger partial charge in [0.1, 0.15) is 5.54 Å². The third-order valence-corrected chi connectivity index (χ3v) is 4.75. The van der Waals surface area contributed by atoms with E-state index in [1.54, 1.807) is 13.0 Å². The minimum atomic E-state index is -0.722. The molecule has 0 saturated heterocycles. The highest BCUT2D eigenvalue weighted by molar-refractivity contribution is 6.32. The van der Waals surface area contributed by atoms with Crippen molar-refractivity contribution in [3.05, 3.63) is 21.7 Å². The summed E-state index contributed by atoms with van der Waals surface area (Å²) in [5.41, 5.74) is 1.32. The molecule has 0 unspecified atom stereocenters. The second-order valence-corrected chi connectivity index (χ2v) is 5.64. The number of isocyanates is 1. The Morgan fingerprint density at radius 1 is 1.30 bits per heavy atom. The van der Waals surface area contributed by atoms with Crippen LogP contribution in [0.15, 0.2) is 4.99 Å². The van der Waals surface area contributed by atoms with E-state index in [4.69, 9.17) is 16.3 Å². The van der Waals surface area contributed by atoms with Crippen molar-refractivity contribution in [2.24, 2.45) is 4.99 Å². The molecule has 0 atom stereocenters. The van der Waals surface area contributed by atoms with Crippen LogP contribution in [0.1, 0.15) is 42.4 Å². The van der Waals surface area contributed by atoms with Crippen LogP contribution in [0.5, 0.6) is 11.5 Å². The zero-order valence-corrected chi connectivity index (χ0v) is 12.7. The first-order valence-corrected chi connectivity index (χ1v) is 7.01. The smallest absolute Gasteiger partial charge is 0.235 e. The first-order valence-electron chi connectivity index (χ1n) is 6.63. The Morgan fingerprint density at radius 2 is 1.90 bits per heavy atom. The topological polar surface area (TPSA) is 58.9 Å². The summed E-state index contributed by atoms with van der Waals surface area (Å²) in [6, 6.07) is 0. The Bertz CT molecular complexity index is 586. The fourth-order valence-electron chi connectivity index (χ4n) is 3.24. The van der Waals surface area contributed by atoms with Crippen LogP contribution < -0.4 is 4.74 Å². The van der Waals surface area contributed by atoms with Crippen molar-refractivity contribution in [3.8, 4) is 11.5 Å². The van der Waals surface area contributed by atoms with Crippen LogP contribution in [0, 0.1) is 13.8 Å². The summed E-state index contributed by atoms with van der Waals surface area (Å²) in [6.07, 6.45) is 4.98. The molecular weight excluding hydrogens is 278 g/mol. The summed E-state index contributed by atoms with van der Waals surface area (Å²) in [6.45, 7) is 3.63. The molecule has 5 heteroatoms. The monoisotopic (exact) mass is 295 g/mol. The molecule has 0 aliphatic heterocycles. The number of ether oxygens (including phenoxy) is 1. The summed E-state index contributed by atoms with van der Waals surface area (Å²) < 4.78 is 5.26. The Balaban J connectivity index is 2.79. The number of hydrogen-bond acceptors (Lipinski definition) is 4. The van der Waals surface area contributed by atoms with Crippen molar-refractivity contribution in [2.45, 2.75) is 45.1 Å². The van der Waals surface area contributed by atoms with Crippen LogP contribution in [0.2, 0.25) is 5.02 Å². The zero-order valence-electron chi connectivity index (χ0n) is 11.9. The molecule has 0 bridgehead atoms. The fraction of sp³-hybridized carbons (Fsp3) is 0.533. The summed E-state index contributed by atoms with van der Waals surface area (Å²) in [4.78, 5) is 14.8. The maximum atomic E-state index is 10.8. The summed E-state index contributed by atoms with van der Waals surface area (Å²) in [5.74, 6) is 0.385. The molecule has 1 aliphatic rings. The largest absolute Gasteiger partial charge is 0.504 e. The molecule has 1 aliphatic carbocycles.